The molecule has 0 aliphatic carbocycles. The largest absolute Gasteiger partial charge is 0.478 e. The van der Waals surface area contributed by atoms with Crippen molar-refractivity contribution < 1.29 is 14.7 Å². The molecule has 1 N–H and O–H groups in total. The molecule has 0 aromatic heterocycles. The third-order valence-corrected chi connectivity index (χ3v) is 2.56. The lowest BCUT2D eigenvalue weighted by Gasteiger charge is -2.19. The van der Waals surface area contributed by atoms with Crippen LogP contribution >= 0.6 is 0 Å². The molecule has 1 rings (SSSR count). The smallest absolute Gasteiger partial charge is 0.328 e. The highest BCUT2D eigenvalue weighted by atomic mass is 16.4. The Bertz CT molecular complexity index is 475. The van der Waals surface area contributed by atoms with E-state index in [0.717, 1.165) is 11.6 Å². The van der Waals surface area contributed by atoms with E-state index in [1.54, 1.807) is 36.2 Å². The van der Waals surface area contributed by atoms with Crippen molar-refractivity contribution in [2.75, 3.05) is 13.6 Å². The molecule has 1 aromatic rings. The fraction of sp³-hybridized carbons (Fsp3) is 0.333. The van der Waals surface area contributed by atoms with Gasteiger partial charge in [0.25, 0.3) is 5.91 Å². The first kappa shape index (κ1) is 15.0. The summed E-state index contributed by atoms with van der Waals surface area (Å²) >= 11 is 0. The van der Waals surface area contributed by atoms with Crippen molar-refractivity contribution >= 4 is 18.0 Å². The summed E-state index contributed by atoms with van der Waals surface area (Å²) in [5, 5.41) is 8.53. The van der Waals surface area contributed by atoms with E-state index in [4.69, 9.17) is 5.11 Å². The Balaban J connectivity index is 2.75. The molecule has 0 saturated carbocycles. The number of carbonyl (C=O) groups excluding carboxylic acids is 1. The number of hydrogen-bond donors (Lipinski definition) is 1. The number of hydrogen-bond acceptors (Lipinski definition) is 2. The first-order valence-corrected chi connectivity index (χ1v) is 6.16. The van der Waals surface area contributed by atoms with Gasteiger partial charge in [-0.2, -0.15) is 0 Å². The third-order valence-electron chi connectivity index (χ3n) is 2.56. The van der Waals surface area contributed by atoms with Crippen LogP contribution in [-0.2, 0) is 4.79 Å². The maximum absolute atomic E-state index is 12.1. The van der Waals surface area contributed by atoms with Gasteiger partial charge in [-0.1, -0.05) is 26.0 Å². The Kier molecular flexibility index (Phi) is 5.30. The molecular formula is C15H19NO3. The molecule has 0 radical (unpaired) electrons. The summed E-state index contributed by atoms with van der Waals surface area (Å²) in [6.07, 6.45) is 2.57. The average molecular weight is 261 g/mol. The summed E-state index contributed by atoms with van der Waals surface area (Å²) in [4.78, 5) is 24.2. The number of carboxylic acid groups (broad SMARTS) is 1. The molecule has 0 aliphatic rings. The first-order chi connectivity index (χ1) is 8.90. The molecule has 0 spiro atoms. The monoisotopic (exact) mass is 261 g/mol. The zero-order chi connectivity index (χ0) is 14.4. The predicted octanol–water partition coefficient (Wildman–Crippen LogP) is 2.51. The second kappa shape index (κ2) is 6.73. The van der Waals surface area contributed by atoms with E-state index < -0.39 is 5.97 Å². The molecule has 0 aliphatic heterocycles. The average Bonchev–Trinajstić information content (AvgIpc) is 2.35. The number of aliphatic carboxylic acids is 1. The Morgan fingerprint density at radius 2 is 1.84 bits per heavy atom. The van der Waals surface area contributed by atoms with Gasteiger partial charge in [-0.3, -0.25) is 4.79 Å². The van der Waals surface area contributed by atoms with Gasteiger partial charge >= 0.3 is 5.97 Å². The van der Waals surface area contributed by atoms with Crippen LogP contribution in [0.1, 0.15) is 29.8 Å². The fourth-order valence-electron chi connectivity index (χ4n) is 1.76. The molecular weight excluding hydrogens is 242 g/mol. The summed E-state index contributed by atoms with van der Waals surface area (Å²) in [5.41, 5.74) is 1.36. The minimum atomic E-state index is -0.989. The van der Waals surface area contributed by atoms with Crippen molar-refractivity contribution in [3.05, 3.63) is 41.5 Å². The van der Waals surface area contributed by atoms with Gasteiger partial charge in [0, 0.05) is 25.2 Å². The van der Waals surface area contributed by atoms with Crippen molar-refractivity contribution in [2.24, 2.45) is 5.92 Å². The van der Waals surface area contributed by atoms with Crippen molar-refractivity contribution in [3.63, 3.8) is 0 Å². The van der Waals surface area contributed by atoms with E-state index in [2.05, 4.69) is 13.8 Å². The number of carbonyl (C=O) groups is 2. The van der Waals surface area contributed by atoms with Gasteiger partial charge in [-0.15, -0.1) is 0 Å². The van der Waals surface area contributed by atoms with Crippen LogP contribution in [0.3, 0.4) is 0 Å². The van der Waals surface area contributed by atoms with E-state index in [1.165, 1.54) is 6.08 Å². The van der Waals surface area contributed by atoms with Gasteiger partial charge in [0.05, 0.1) is 0 Å². The molecule has 0 unspecified atom stereocenters. The summed E-state index contributed by atoms with van der Waals surface area (Å²) in [6.45, 7) is 4.83. The number of benzene rings is 1. The van der Waals surface area contributed by atoms with Crippen LogP contribution in [0.15, 0.2) is 30.3 Å². The minimum absolute atomic E-state index is 0.0255. The van der Waals surface area contributed by atoms with Crippen molar-refractivity contribution in [1.82, 2.24) is 4.90 Å². The fourth-order valence-corrected chi connectivity index (χ4v) is 1.76. The van der Waals surface area contributed by atoms with Crippen molar-refractivity contribution in [3.8, 4) is 0 Å². The van der Waals surface area contributed by atoms with Crippen LogP contribution in [0.4, 0.5) is 0 Å². The molecule has 19 heavy (non-hydrogen) atoms. The second-order valence-electron chi connectivity index (χ2n) is 4.87. The van der Waals surface area contributed by atoms with E-state index >= 15 is 0 Å². The molecule has 102 valence electrons. The van der Waals surface area contributed by atoms with E-state index in [0.29, 0.717) is 18.0 Å². The molecule has 0 heterocycles. The maximum atomic E-state index is 12.1. The molecule has 1 aromatic carbocycles. The van der Waals surface area contributed by atoms with Gasteiger partial charge < -0.3 is 10.0 Å². The molecule has 0 atom stereocenters. The van der Waals surface area contributed by atoms with Crippen LogP contribution in [0, 0.1) is 5.92 Å². The molecule has 4 heteroatoms. The van der Waals surface area contributed by atoms with Gasteiger partial charge in [0.2, 0.25) is 0 Å². The number of carboxylic acids is 1. The summed E-state index contributed by atoms with van der Waals surface area (Å²) < 4.78 is 0. The van der Waals surface area contributed by atoms with Gasteiger partial charge in [0.15, 0.2) is 0 Å². The van der Waals surface area contributed by atoms with Gasteiger partial charge in [-0.25, -0.2) is 4.79 Å². The molecule has 0 fully saturated rings. The number of rotatable bonds is 5. The Morgan fingerprint density at radius 3 is 2.32 bits per heavy atom. The lowest BCUT2D eigenvalue weighted by atomic mass is 10.1. The quantitative estimate of drug-likeness (QED) is 0.828. The molecule has 0 saturated heterocycles. The van der Waals surface area contributed by atoms with Crippen LogP contribution in [-0.4, -0.2) is 35.5 Å². The predicted molar refractivity (Wildman–Crippen MR) is 74.9 cm³/mol. The topological polar surface area (TPSA) is 57.6 Å². The lowest BCUT2D eigenvalue weighted by molar-refractivity contribution is -0.131. The summed E-state index contributed by atoms with van der Waals surface area (Å²) in [5.74, 6) is -0.592. The highest BCUT2D eigenvalue weighted by Gasteiger charge is 2.12. The molecule has 1 amide bonds. The van der Waals surface area contributed by atoms with E-state index in [-0.39, 0.29) is 5.91 Å². The SMILES string of the molecule is CC(C)CN(C)C(=O)c1ccc(/C=C/C(=O)O)cc1. The Labute approximate surface area is 113 Å². The van der Waals surface area contributed by atoms with Crippen molar-refractivity contribution in [2.45, 2.75) is 13.8 Å². The Morgan fingerprint density at radius 1 is 1.26 bits per heavy atom. The minimum Gasteiger partial charge on any atom is -0.478 e. The normalized spacial score (nSPS) is 10.9. The van der Waals surface area contributed by atoms with Gasteiger partial charge in [0.1, 0.15) is 0 Å². The Hall–Kier alpha value is -2.10. The maximum Gasteiger partial charge on any atom is 0.328 e. The van der Waals surface area contributed by atoms with E-state index in [9.17, 15) is 9.59 Å². The van der Waals surface area contributed by atoms with Crippen LogP contribution < -0.4 is 0 Å². The third kappa shape index (κ3) is 4.95. The summed E-state index contributed by atoms with van der Waals surface area (Å²) in [7, 11) is 1.78. The number of nitrogens with zero attached hydrogens (tertiary/aromatic N) is 1. The second-order valence-corrected chi connectivity index (χ2v) is 4.87. The zero-order valence-corrected chi connectivity index (χ0v) is 11.5. The van der Waals surface area contributed by atoms with Crippen LogP contribution in [0.25, 0.3) is 6.08 Å². The van der Waals surface area contributed by atoms with Crippen molar-refractivity contribution in [1.29, 1.82) is 0 Å². The summed E-state index contributed by atoms with van der Waals surface area (Å²) in [6, 6.07) is 6.88. The van der Waals surface area contributed by atoms with Crippen LogP contribution in [0.5, 0.6) is 0 Å². The van der Waals surface area contributed by atoms with Crippen LogP contribution in [0.2, 0.25) is 0 Å². The standard InChI is InChI=1S/C15H19NO3/c1-11(2)10-16(3)15(19)13-7-4-12(5-8-13)6-9-14(17)18/h4-9,11H,10H2,1-3H3,(H,17,18)/b9-6+. The highest BCUT2D eigenvalue weighted by Crippen LogP contribution is 2.09. The molecule has 0 bridgehead atoms. The lowest BCUT2D eigenvalue weighted by Crippen LogP contribution is -2.30. The first-order valence-electron chi connectivity index (χ1n) is 6.16. The number of amides is 1. The van der Waals surface area contributed by atoms with Gasteiger partial charge in [-0.05, 0) is 29.7 Å². The highest BCUT2D eigenvalue weighted by molar-refractivity contribution is 5.94. The van der Waals surface area contributed by atoms with E-state index in [1.807, 2.05) is 0 Å². The molecule has 4 nitrogen and oxygen atoms in total. The zero-order valence-electron chi connectivity index (χ0n) is 11.5.